The summed E-state index contributed by atoms with van der Waals surface area (Å²) in [5, 5.41) is 12.8. The van der Waals surface area contributed by atoms with Crippen molar-refractivity contribution in [3.63, 3.8) is 0 Å². The molecule has 8 nitrogen and oxygen atoms in total. The van der Waals surface area contributed by atoms with Gasteiger partial charge in [0.25, 0.3) is 15.9 Å². The van der Waals surface area contributed by atoms with Crippen LogP contribution in [0.25, 0.3) is 10.1 Å². The lowest BCUT2D eigenvalue weighted by Crippen LogP contribution is -2.31. The Morgan fingerprint density at radius 2 is 1.88 bits per heavy atom. The number of nitrogens with zero attached hydrogens (tertiary/aromatic N) is 4. The van der Waals surface area contributed by atoms with Gasteiger partial charge >= 0.3 is 0 Å². The zero-order valence-corrected chi connectivity index (χ0v) is 24.7. The third kappa shape index (κ3) is 6.46. The average Bonchev–Trinajstić information content (AvgIpc) is 3.63. The Bertz CT molecular complexity index is 1810. The number of nitriles is 1. The molecular weight excluding hydrogens is 575 g/mol. The molecule has 0 aliphatic carbocycles. The van der Waals surface area contributed by atoms with Gasteiger partial charge in [0.15, 0.2) is 0 Å². The van der Waals surface area contributed by atoms with Gasteiger partial charge in [-0.3, -0.25) is 9.10 Å². The number of thioether (sulfide) groups is 1. The van der Waals surface area contributed by atoms with Crippen LogP contribution in [0.15, 0.2) is 96.3 Å². The van der Waals surface area contributed by atoms with Crippen molar-refractivity contribution in [1.82, 2.24) is 14.9 Å². The number of thiophene rings is 1. The molecule has 0 aliphatic heterocycles. The predicted octanol–water partition coefficient (Wildman–Crippen LogP) is 5.51. The molecule has 0 saturated carbocycles. The van der Waals surface area contributed by atoms with Crippen LogP contribution in [-0.2, 0) is 23.1 Å². The zero-order valence-electron chi connectivity index (χ0n) is 22.2. The molecule has 0 unspecified atom stereocenters. The van der Waals surface area contributed by atoms with Gasteiger partial charge in [-0.25, -0.2) is 13.4 Å². The summed E-state index contributed by atoms with van der Waals surface area (Å²) < 4.78 is 32.2. The molecule has 0 saturated heterocycles. The van der Waals surface area contributed by atoms with Gasteiger partial charge in [-0.05, 0) is 65.7 Å². The summed E-state index contributed by atoms with van der Waals surface area (Å²) >= 11 is 3.04. The van der Waals surface area contributed by atoms with Crippen LogP contribution in [0.3, 0.4) is 0 Å². The van der Waals surface area contributed by atoms with Gasteiger partial charge in [-0.2, -0.15) is 17.0 Å². The number of aromatic nitrogens is 2. The van der Waals surface area contributed by atoms with E-state index in [1.54, 1.807) is 78.9 Å². The second-order valence-corrected chi connectivity index (χ2v) is 13.2. The molecule has 0 aliphatic rings. The topological polar surface area (TPSA) is 108 Å². The summed E-state index contributed by atoms with van der Waals surface area (Å²) in [5.74, 6) is 0.691. The molecule has 0 radical (unpaired) electrons. The van der Waals surface area contributed by atoms with Crippen LogP contribution in [-0.4, -0.2) is 42.4 Å². The van der Waals surface area contributed by atoms with Gasteiger partial charge in [0, 0.05) is 29.7 Å². The predicted molar refractivity (Wildman–Crippen MR) is 165 cm³/mol. The first-order chi connectivity index (χ1) is 19.9. The van der Waals surface area contributed by atoms with E-state index in [0.717, 1.165) is 21.4 Å². The highest BCUT2D eigenvalue weighted by atomic mass is 32.2. The van der Waals surface area contributed by atoms with Gasteiger partial charge in [-0.1, -0.05) is 30.3 Å². The van der Waals surface area contributed by atoms with E-state index in [1.807, 2.05) is 35.1 Å². The van der Waals surface area contributed by atoms with Gasteiger partial charge < -0.3 is 9.88 Å². The summed E-state index contributed by atoms with van der Waals surface area (Å²) in [4.78, 5) is 17.7. The lowest BCUT2D eigenvalue weighted by atomic mass is 10.1. The van der Waals surface area contributed by atoms with E-state index in [4.69, 9.17) is 5.26 Å². The van der Waals surface area contributed by atoms with E-state index >= 15 is 0 Å². The maximum Gasteiger partial charge on any atom is 0.264 e. The fraction of sp³-hybridized carbons (Fsp3) is 0.167. The van der Waals surface area contributed by atoms with Crippen molar-refractivity contribution < 1.29 is 13.2 Å². The summed E-state index contributed by atoms with van der Waals surface area (Å²) in [6, 6.07) is 25.0. The Kier molecular flexibility index (Phi) is 8.73. The lowest BCUT2D eigenvalue weighted by Gasteiger charge is -2.25. The molecule has 2 aromatic heterocycles. The first kappa shape index (κ1) is 28.4. The molecule has 208 valence electrons. The van der Waals surface area contributed by atoms with Gasteiger partial charge in [0.1, 0.15) is 0 Å². The molecule has 2 heterocycles. The third-order valence-electron chi connectivity index (χ3n) is 6.47. The van der Waals surface area contributed by atoms with Crippen LogP contribution in [0.5, 0.6) is 0 Å². The van der Waals surface area contributed by atoms with Crippen molar-refractivity contribution in [2.45, 2.75) is 18.0 Å². The van der Waals surface area contributed by atoms with E-state index in [9.17, 15) is 13.2 Å². The minimum atomic E-state index is -3.94. The molecule has 1 N–H and O–H groups in total. The van der Waals surface area contributed by atoms with Crippen LogP contribution in [0.2, 0.25) is 0 Å². The summed E-state index contributed by atoms with van der Waals surface area (Å²) in [6.07, 6.45) is 5.32. The van der Waals surface area contributed by atoms with Crippen LogP contribution in [0.4, 0.5) is 5.69 Å². The summed E-state index contributed by atoms with van der Waals surface area (Å²) in [6.45, 7) is 1.10. The highest BCUT2D eigenvalue weighted by Gasteiger charge is 2.27. The molecule has 11 heteroatoms. The molecule has 5 aromatic rings. The standard InChI is InChI=1S/C30H27N5O3S3/c1-39-14-13-33-30(36)29-16-24-15-25(11-12-28(24)40-29)35(41(37,38)27-5-3-2-4-6-27)20-26-18-32-21-34(26)19-23-9-7-22(17-31)8-10-23/h2-12,15-16,18,21H,13-14,19-20H2,1H3,(H,33,36). The number of amides is 1. The van der Waals surface area contributed by atoms with Crippen LogP contribution >= 0.6 is 23.1 Å². The highest BCUT2D eigenvalue weighted by molar-refractivity contribution is 7.98. The Hall–Kier alpha value is -4.11. The number of hydrogen-bond donors (Lipinski definition) is 1. The first-order valence-electron chi connectivity index (χ1n) is 12.8. The van der Waals surface area contributed by atoms with Gasteiger partial charge in [0.05, 0.1) is 45.7 Å². The zero-order chi connectivity index (χ0) is 28.8. The summed E-state index contributed by atoms with van der Waals surface area (Å²) in [7, 11) is -3.94. The van der Waals surface area contributed by atoms with E-state index in [1.165, 1.54) is 15.6 Å². The van der Waals surface area contributed by atoms with Crippen molar-refractivity contribution in [2.75, 3.05) is 22.9 Å². The largest absolute Gasteiger partial charge is 0.351 e. The van der Waals surface area contributed by atoms with Crippen LogP contribution in [0, 0.1) is 11.3 Å². The van der Waals surface area contributed by atoms with Crippen molar-refractivity contribution in [3.05, 3.63) is 113 Å². The molecule has 0 fully saturated rings. The number of imidazole rings is 1. The fourth-order valence-electron chi connectivity index (χ4n) is 4.34. The third-order valence-corrected chi connectivity index (χ3v) is 9.99. The molecule has 0 bridgehead atoms. The number of sulfonamides is 1. The number of fused-ring (bicyclic) bond motifs is 1. The molecule has 3 aromatic carbocycles. The molecule has 1 amide bonds. The summed E-state index contributed by atoms with van der Waals surface area (Å²) in [5.41, 5.74) is 2.72. The number of rotatable bonds is 11. The minimum Gasteiger partial charge on any atom is -0.351 e. The van der Waals surface area contributed by atoms with Crippen LogP contribution < -0.4 is 9.62 Å². The number of carbonyl (C=O) groups is 1. The Morgan fingerprint density at radius 1 is 1.10 bits per heavy atom. The molecular formula is C30H27N5O3S3. The first-order valence-corrected chi connectivity index (χ1v) is 16.4. The van der Waals surface area contributed by atoms with Crippen molar-refractivity contribution in [2.24, 2.45) is 0 Å². The maximum atomic E-state index is 14.0. The van der Waals surface area contributed by atoms with Crippen molar-refractivity contribution in [3.8, 4) is 6.07 Å². The monoisotopic (exact) mass is 601 g/mol. The van der Waals surface area contributed by atoms with Gasteiger partial charge in [0.2, 0.25) is 0 Å². The Labute approximate surface area is 247 Å². The average molecular weight is 602 g/mol. The van der Waals surface area contributed by atoms with E-state index < -0.39 is 10.0 Å². The smallest absolute Gasteiger partial charge is 0.264 e. The number of carbonyl (C=O) groups excluding carboxylic acids is 1. The van der Waals surface area contributed by atoms with Gasteiger partial charge in [-0.15, -0.1) is 11.3 Å². The number of nitrogens with one attached hydrogen (secondary N) is 1. The molecule has 0 atom stereocenters. The number of hydrogen-bond acceptors (Lipinski definition) is 7. The Morgan fingerprint density at radius 3 is 2.61 bits per heavy atom. The fourth-order valence-corrected chi connectivity index (χ4v) is 7.05. The maximum absolute atomic E-state index is 14.0. The Balaban J connectivity index is 1.49. The molecule has 41 heavy (non-hydrogen) atoms. The number of benzene rings is 3. The quantitative estimate of drug-likeness (QED) is 0.200. The number of anilines is 1. The second-order valence-electron chi connectivity index (χ2n) is 9.23. The molecule has 0 spiro atoms. The molecule has 5 rings (SSSR count). The van der Waals surface area contributed by atoms with E-state index in [0.29, 0.717) is 34.9 Å². The minimum absolute atomic E-state index is 0.0468. The second kappa shape index (κ2) is 12.6. The normalized spacial score (nSPS) is 11.3. The SMILES string of the molecule is CSCCNC(=O)c1cc2cc(N(Cc3cncn3Cc3ccc(C#N)cc3)S(=O)(=O)c3ccccc3)ccc2s1. The van der Waals surface area contributed by atoms with E-state index in [2.05, 4.69) is 16.4 Å². The highest BCUT2D eigenvalue weighted by Crippen LogP contribution is 2.33. The van der Waals surface area contributed by atoms with Crippen LogP contribution in [0.1, 0.15) is 26.5 Å². The van der Waals surface area contributed by atoms with E-state index in [-0.39, 0.29) is 17.3 Å². The lowest BCUT2D eigenvalue weighted by molar-refractivity contribution is 0.0960. The van der Waals surface area contributed by atoms with Crippen molar-refractivity contribution in [1.29, 1.82) is 5.26 Å². The van der Waals surface area contributed by atoms with Crippen molar-refractivity contribution >= 4 is 54.8 Å².